The Morgan fingerprint density at radius 1 is 1.29 bits per heavy atom. The van der Waals surface area contributed by atoms with Crippen LogP contribution in [0.1, 0.15) is 44.0 Å². The molecule has 116 valence electrons. The third kappa shape index (κ3) is 4.14. The van der Waals surface area contributed by atoms with Crippen molar-refractivity contribution in [1.82, 2.24) is 5.32 Å². The molecule has 1 amide bonds. The number of benzene rings is 1. The topological polar surface area (TPSA) is 55.4 Å². The highest BCUT2D eigenvalue weighted by Crippen LogP contribution is 2.16. The van der Waals surface area contributed by atoms with Crippen molar-refractivity contribution in [1.29, 1.82) is 0 Å². The quantitative estimate of drug-likeness (QED) is 0.909. The summed E-state index contributed by atoms with van der Waals surface area (Å²) in [5, 5.41) is 3.04. The summed E-state index contributed by atoms with van der Waals surface area (Å²) >= 11 is 0. The van der Waals surface area contributed by atoms with Gasteiger partial charge >= 0.3 is 0 Å². The average molecular weight is 309 g/mol. The summed E-state index contributed by atoms with van der Waals surface area (Å²) in [5.74, 6) is -0.111. The summed E-state index contributed by atoms with van der Waals surface area (Å²) in [7, 11) is -1.02. The minimum atomic E-state index is -1.02. The zero-order chi connectivity index (χ0) is 15.4. The first-order valence-electron chi connectivity index (χ1n) is 7.42. The van der Waals surface area contributed by atoms with Crippen LogP contribution in [0.25, 0.3) is 0 Å². The normalized spacial score (nSPS) is 21.2. The predicted octanol–water partition coefficient (Wildman–Crippen LogP) is 2.50. The van der Waals surface area contributed by atoms with Gasteiger partial charge in [-0.15, -0.1) is 0 Å². The molecule has 3 atom stereocenters. The van der Waals surface area contributed by atoms with Crippen LogP contribution in [0.2, 0.25) is 0 Å². The summed E-state index contributed by atoms with van der Waals surface area (Å²) in [6.45, 7) is 6.58. The van der Waals surface area contributed by atoms with Crippen LogP contribution in [0.3, 0.4) is 0 Å². The number of carbonyl (C=O) groups is 1. The van der Waals surface area contributed by atoms with Crippen molar-refractivity contribution >= 4 is 16.7 Å². The molecule has 1 N–H and O–H groups in total. The van der Waals surface area contributed by atoms with E-state index < -0.39 is 10.8 Å². The Balaban J connectivity index is 1.97. The van der Waals surface area contributed by atoms with E-state index in [-0.39, 0.29) is 23.3 Å². The second-order valence-electron chi connectivity index (χ2n) is 5.68. The fourth-order valence-corrected chi connectivity index (χ4v) is 3.34. The maximum absolute atomic E-state index is 12.2. The molecule has 0 bridgehead atoms. The van der Waals surface area contributed by atoms with E-state index in [1.54, 1.807) is 24.3 Å². The van der Waals surface area contributed by atoms with Crippen LogP contribution in [0.15, 0.2) is 29.2 Å². The van der Waals surface area contributed by atoms with Gasteiger partial charge in [-0.3, -0.25) is 9.00 Å². The molecule has 1 aromatic carbocycles. The summed E-state index contributed by atoms with van der Waals surface area (Å²) in [6.07, 6.45) is 2.16. The van der Waals surface area contributed by atoms with Gasteiger partial charge in [0.25, 0.3) is 5.91 Å². The highest BCUT2D eigenvalue weighted by atomic mass is 32.2. The van der Waals surface area contributed by atoms with Crippen molar-refractivity contribution in [2.45, 2.75) is 55.9 Å². The Morgan fingerprint density at radius 2 is 1.95 bits per heavy atom. The van der Waals surface area contributed by atoms with E-state index in [2.05, 4.69) is 5.32 Å². The molecule has 0 radical (unpaired) electrons. The highest BCUT2D eigenvalue weighted by Gasteiger charge is 2.24. The fourth-order valence-electron chi connectivity index (χ4n) is 2.39. The maximum Gasteiger partial charge on any atom is 0.251 e. The molecular weight excluding hydrogens is 286 g/mol. The Hall–Kier alpha value is -1.20. The molecule has 1 saturated heterocycles. The van der Waals surface area contributed by atoms with E-state index in [1.165, 1.54) is 0 Å². The van der Waals surface area contributed by atoms with Crippen molar-refractivity contribution in [2.75, 3.05) is 6.61 Å². The van der Waals surface area contributed by atoms with E-state index in [0.717, 1.165) is 24.3 Å². The molecule has 5 heteroatoms. The summed E-state index contributed by atoms with van der Waals surface area (Å²) in [5.41, 5.74) is 0.587. The molecule has 21 heavy (non-hydrogen) atoms. The van der Waals surface area contributed by atoms with E-state index in [1.807, 2.05) is 20.8 Å². The van der Waals surface area contributed by atoms with Crippen molar-refractivity contribution in [3.8, 4) is 0 Å². The van der Waals surface area contributed by atoms with Crippen LogP contribution in [-0.4, -0.2) is 34.1 Å². The minimum Gasteiger partial charge on any atom is -0.376 e. The van der Waals surface area contributed by atoms with E-state index in [4.69, 9.17) is 4.74 Å². The lowest BCUT2D eigenvalue weighted by atomic mass is 10.1. The van der Waals surface area contributed by atoms with E-state index in [9.17, 15) is 9.00 Å². The second kappa shape index (κ2) is 7.18. The molecule has 0 aromatic heterocycles. The molecule has 1 fully saturated rings. The molecule has 2 rings (SSSR count). The van der Waals surface area contributed by atoms with Gasteiger partial charge in [0.15, 0.2) is 0 Å². The number of hydrogen-bond acceptors (Lipinski definition) is 3. The molecule has 3 unspecified atom stereocenters. The van der Waals surface area contributed by atoms with Gasteiger partial charge in [0.05, 0.1) is 22.9 Å². The Kier molecular flexibility index (Phi) is 5.53. The lowest BCUT2D eigenvalue weighted by molar-refractivity contribution is 0.0712. The SMILES string of the molecule is CC(NC(=O)c1ccc(S(=O)C(C)C)cc1)C1CCCO1. The molecule has 1 aliphatic heterocycles. The van der Waals surface area contributed by atoms with Crippen molar-refractivity contribution in [3.63, 3.8) is 0 Å². The first-order valence-corrected chi connectivity index (χ1v) is 8.63. The monoisotopic (exact) mass is 309 g/mol. The third-order valence-corrected chi connectivity index (χ3v) is 5.25. The minimum absolute atomic E-state index is 0.00414. The Bertz CT molecular complexity index is 507. The highest BCUT2D eigenvalue weighted by molar-refractivity contribution is 7.85. The van der Waals surface area contributed by atoms with E-state index in [0.29, 0.717) is 5.56 Å². The lowest BCUT2D eigenvalue weighted by Gasteiger charge is -2.20. The van der Waals surface area contributed by atoms with Gasteiger partial charge in [-0.25, -0.2) is 0 Å². The molecular formula is C16H23NO3S. The third-order valence-electron chi connectivity index (χ3n) is 3.66. The van der Waals surface area contributed by atoms with Gasteiger partial charge in [0.1, 0.15) is 0 Å². The van der Waals surface area contributed by atoms with Crippen molar-refractivity contribution in [3.05, 3.63) is 29.8 Å². The first kappa shape index (κ1) is 16.2. The van der Waals surface area contributed by atoms with Crippen LogP contribution in [0.4, 0.5) is 0 Å². The lowest BCUT2D eigenvalue weighted by Crippen LogP contribution is -2.40. The van der Waals surface area contributed by atoms with Gasteiger partial charge in [-0.1, -0.05) is 13.8 Å². The molecule has 0 aliphatic carbocycles. The number of rotatable bonds is 5. The van der Waals surface area contributed by atoms with Crippen LogP contribution >= 0.6 is 0 Å². The molecule has 1 aromatic rings. The van der Waals surface area contributed by atoms with Gasteiger partial charge in [-0.05, 0) is 44.0 Å². The van der Waals surface area contributed by atoms with Crippen molar-refractivity contribution in [2.24, 2.45) is 0 Å². The first-order chi connectivity index (χ1) is 9.99. The number of amides is 1. The second-order valence-corrected chi connectivity index (χ2v) is 7.69. The van der Waals surface area contributed by atoms with Crippen LogP contribution < -0.4 is 5.32 Å². The fraction of sp³-hybridized carbons (Fsp3) is 0.562. The molecule has 0 saturated carbocycles. The smallest absolute Gasteiger partial charge is 0.251 e. The average Bonchev–Trinajstić information content (AvgIpc) is 3.00. The van der Waals surface area contributed by atoms with Crippen LogP contribution in [0, 0.1) is 0 Å². The van der Waals surface area contributed by atoms with Gasteiger partial charge in [0.2, 0.25) is 0 Å². The summed E-state index contributed by atoms with van der Waals surface area (Å²) in [4.78, 5) is 12.9. The van der Waals surface area contributed by atoms with Crippen LogP contribution in [-0.2, 0) is 15.5 Å². The zero-order valence-electron chi connectivity index (χ0n) is 12.8. The van der Waals surface area contributed by atoms with Crippen LogP contribution in [0.5, 0.6) is 0 Å². The number of hydrogen-bond donors (Lipinski definition) is 1. The summed E-state index contributed by atoms with van der Waals surface area (Å²) < 4.78 is 17.5. The number of ether oxygens (including phenoxy) is 1. The van der Waals surface area contributed by atoms with E-state index >= 15 is 0 Å². The predicted molar refractivity (Wildman–Crippen MR) is 83.9 cm³/mol. The van der Waals surface area contributed by atoms with Gasteiger partial charge in [-0.2, -0.15) is 0 Å². The molecule has 4 nitrogen and oxygen atoms in total. The standard InChI is InChI=1S/C16H23NO3S/c1-11(2)21(19)14-8-6-13(7-9-14)16(18)17-12(3)15-5-4-10-20-15/h6-9,11-12,15H,4-5,10H2,1-3H3,(H,17,18). The molecule has 0 spiro atoms. The van der Waals surface area contributed by atoms with Gasteiger partial charge < -0.3 is 10.1 Å². The number of carbonyl (C=O) groups excluding carboxylic acids is 1. The summed E-state index contributed by atoms with van der Waals surface area (Å²) in [6, 6.07) is 6.99. The van der Waals surface area contributed by atoms with Gasteiger partial charge in [0, 0.05) is 22.3 Å². The largest absolute Gasteiger partial charge is 0.376 e. The maximum atomic E-state index is 12.2. The molecule has 1 aliphatic rings. The zero-order valence-corrected chi connectivity index (χ0v) is 13.6. The number of nitrogens with one attached hydrogen (secondary N) is 1. The molecule has 1 heterocycles. The van der Waals surface area contributed by atoms with Crippen molar-refractivity contribution < 1.29 is 13.7 Å². The Labute approximate surface area is 128 Å². The Morgan fingerprint density at radius 3 is 2.48 bits per heavy atom.